The standard InChI is InChI=1S/C45H40N10O17S7/c1-22-13-33(51-53-40-25(4)29(21-46)43-47-32-20-38(78(66,67)68)24(3)15-35(32)55(43)44(40)56)36(72-9-5-11-75(57,58)59)18-30(22)49-52-34-14-23(2)31(19-37(34)73-10-6-12-76(60,61)62)50-54-45-48-41-39(79(69,70)71)16-26-7-8-27(77(63,64)65)17-28(26)42(41)74-45/h7-8,13-20,56H,5-6,9-12H2,1-4H3,(H,57,58,59)(H,60,61,62)(H,63,64,65)(H,66,67,68)(H,69,70,71). The monoisotopic (exact) mass is 1220 g/mol. The van der Waals surface area contributed by atoms with E-state index in [0.717, 1.165) is 51.8 Å². The van der Waals surface area contributed by atoms with Crippen LogP contribution in [0.25, 0.3) is 37.7 Å². The van der Waals surface area contributed by atoms with Gasteiger partial charge in [0.2, 0.25) is 11.0 Å². The smallest absolute Gasteiger partial charge is 0.296 e. The maximum Gasteiger partial charge on any atom is 0.296 e. The van der Waals surface area contributed by atoms with Gasteiger partial charge < -0.3 is 9.84 Å². The number of fused-ring (bicyclic) bond motifs is 6. The number of aryl methyl sites for hydroxylation is 3. The Labute approximate surface area is 457 Å². The van der Waals surface area contributed by atoms with Crippen LogP contribution in [0.4, 0.5) is 33.6 Å². The van der Waals surface area contributed by atoms with Crippen molar-refractivity contribution in [2.24, 2.45) is 30.7 Å². The van der Waals surface area contributed by atoms with E-state index in [9.17, 15) is 75.2 Å². The lowest BCUT2D eigenvalue weighted by Gasteiger charge is -2.12. The van der Waals surface area contributed by atoms with Gasteiger partial charge in [0.25, 0.3) is 50.6 Å². The molecule has 34 heteroatoms. The Bertz CT molecular complexity index is 4610. The predicted octanol–water partition coefficient (Wildman–Crippen LogP) is 10.1. The zero-order chi connectivity index (χ0) is 57.7. The summed E-state index contributed by atoms with van der Waals surface area (Å²) in [6.45, 7) is 5.84. The van der Waals surface area contributed by atoms with Crippen LogP contribution >= 0.6 is 23.1 Å². The number of aromatic nitrogens is 3. The van der Waals surface area contributed by atoms with Crippen molar-refractivity contribution in [3.63, 3.8) is 0 Å². The number of azo groups is 3. The summed E-state index contributed by atoms with van der Waals surface area (Å²) in [5.74, 6) is -1.70. The summed E-state index contributed by atoms with van der Waals surface area (Å²) >= 11 is 1.91. The molecule has 8 rings (SSSR count). The molecule has 79 heavy (non-hydrogen) atoms. The first-order valence-electron chi connectivity index (χ1n) is 22.4. The number of hydrogen-bond acceptors (Lipinski definition) is 23. The third-order valence-electron chi connectivity index (χ3n) is 11.6. The minimum atomic E-state index is -4.88. The Hall–Kier alpha value is -7.01. The first-order chi connectivity index (χ1) is 36.8. The molecule has 0 aliphatic rings. The van der Waals surface area contributed by atoms with E-state index < -0.39 is 82.7 Å². The van der Waals surface area contributed by atoms with Crippen LogP contribution in [0.15, 0.2) is 111 Å². The number of imidazole rings is 1. The second-order valence-corrected chi connectivity index (χ2v) is 26.8. The van der Waals surface area contributed by atoms with E-state index in [1.807, 2.05) is 6.07 Å². The lowest BCUT2D eigenvalue weighted by molar-refractivity contribution is 0.317. The predicted molar refractivity (Wildman–Crippen MR) is 288 cm³/mol. The Morgan fingerprint density at radius 2 is 1.29 bits per heavy atom. The normalized spacial score (nSPS) is 13.1. The van der Waals surface area contributed by atoms with Crippen molar-refractivity contribution in [3.8, 4) is 17.7 Å². The van der Waals surface area contributed by atoms with Crippen molar-refractivity contribution < 1.29 is 74.7 Å². The molecule has 3 aromatic heterocycles. The second-order valence-electron chi connectivity index (χ2n) is 17.3. The number of thiazole rings is 1. The van der Waals surface area contributed by atoms with Gasteiger partial charge >= 0.3 is 0 Å². The van der Waals surface area contributed by atoms with E-state index in [-0.39, 0.29) is 119 Å². The number of rotatable bonds is 19. The quantitative estimate of drug-likeness (QED) is 0.0190. The summed E-state index contributed by atoms with van der Waals surface area (Å²) in [5, 5.41) is 48.2. The molecule has 0 atom stereocenters. The largest absolute Gasteiger partial charge is 0.493 e. The highest BCUT2D eigenvalue weighted by Crippen LogP contribution is 2.44. The fraction of sp³-hybridized carbons (Fsp3) is 0.222. The number of ether oxygens (including phenoxy) is 1. The third-order valence-corrected chi connectivity index (χ3v) is 18.1. The van der Waals surface area contributed by atoms with E-state index >= 15 is 0 Å². The van der Waals surface area contributed by atoms with Gasteiger partial charge in [0.05, 0.1) is 60.7 Å². The third kappa shape index (κ3) is 13.0. The molecule has 0 aliphatic heterocycles. The van der Waals surface area contributed by atoms with Crippen LogP contribution in [0.1, 0.15) is 40.7 Å². The van der Waals surface area contributed by atoms with Crippen molar-refractivity contribution in [2.45, 2.75) is 60.1 Å². The lowest BCUT2D eigenvalue weighted by Crippen LogP contribution is -2.08. The topological polar surface area (TPSA) is 429 Å². The van der Waals surface area contributed by atoms with Gasteiger partial charge in [0.1, 0.15) is 33.5 Å². The number of hydrogen-bond donors (Lipinski definition) is 6. The van der Waals surface area contributed by atoms with Crippen LogP contribution in [-0.2, 0) is 50.6 Å². The Morgan fingerprint density at radius 1 is 0.671 bits per heavy atom. The molecule has 27 nitrogen and oxygen atoms in total. The number of thioether (sulfide) groups is 1. The van der Waals surface area contributed by atoms with Crippen molar-refractivity contribution in [3.05, 3.63) is 88.5 Å². The molecule has 0 spiro atoms. The molecule has 0 saturated carbocycles. The number of benzene rings is 5. The average Bonchev–Trinajstić information content (AvgIpc) is 4.13. The molecule has 0 fully saturated rings. The van der Waals surface area contributed by atoms with Gasteiger partial charge in [-0.15, -0.1) is 37.3 Å². The van der Waals surface area contributed by atoms with Crippen LogP contribution in [0.2, 0.25) is 0 Å². The molecule has 6 N–H and O–H groups in total. The second kappa shape index (κ2) is 21.9. The van der Waals surface area contributed by atoms with E-state index in [1.165, 1.54) is 44.2 Å². The molecule has 0 aliphatic carbocycles. The van der Waals surface area contributed by atoms with Gasteiger partial charge in [-0.1, -0.05) is 17.4 Å². The van der Waals surface area contributed by atoms with Crippen LogP contribution in [0.5, 0.6) is 11.6 Å². The maximum atomic E-state index is 12.5. The average molecular weight is 1220 g/mol. The fourth-order valence-corrected chi connectivity index (χ4v) is 12.9. The van der Waals surface area contributed by atoms with E-state index in [1.54, 1.807) is 19.9 Å². The van der Waals surface area contributed by atoms with Crippen molar-refractivity contribution in [1.29, 1.82) is 5.26 Å². The summed E-state index contributed by atoms with van der Waals surface area (Å²) in [7, 11) is -22.9. The SMILES string of the molecule is Cc1cc(N=Nc2cc(OCCCS(=O)(=O)O)c(N=Nc3c(C)c(C#N)c4nc5cc(S(=O)(=O)O)c(C)cc5n4c3O)cc2C)c(SCCCS(=O)(=O)O)cc1N=Nc1nc2c(S(=O)(=O)O)cc3ccc(S(=O)(=O)O)cc3c2s1. The molecule has 3 heterocycles. The highest BCUT2D eigenvalue weighted by Gasteiger charge is 2.26. The van der Waals surface area contributed by atoms with Crippen molar-refractivity contribution >= 4 is 145 Å². The summed E-state index contributed by atoms with van der Waals surface area (Å²) in [4.78, 5) is 7.45. The van der Waals surface area contributed by atoms with Gasteiger partial charge in [-0.2, -0.15) is 52.5 Å². The molecule has 414 valence electrons. The van der Waals surface area contributed by atoms with Gasteiger partial charge in [-0.3, -0.25) is 27.2 Å². The molecular formula is C45H40N10O17S7. The molecule has 0 amide bonds. The van der Waals surface area contributed by atoms with Crippen LogP contribution in [-0.4, -0.2) is 108 Å². The van der Waals surface area contributed by atoms with Gasteiger partial charge in [-0.05, 0) is 117 Å². The zero-order valence-electron chi connectivity index (χ0n) is 41.0. The highest BCUT2D eigenvalue weighted by molar-refractivity contribution is 7.99. The van der Waals surface area contributed by atoms with Crippen LogP contribution < -0.4 is 4.74 Å². The molecule has 0 saturated heterocycles. The van der Waals surface area contributed by atoms with Crippen LogP contribution in [0, 0.1) is 39.0 Å². The first kappa shape index (κ1) is 58.1. The van der Waals surface area contributed by atoms with E-state index in [4.69, 9.17) is 4.74 Å². The van der Waals surface area contributed by atoms with Crippen LogP contribution in [0.3, 0.4) is 0 Å². The zero-order valence-corrected chi connectivity index (χ0v) is 46.7. The molecule has 0 radical (unpaired) electrons. The summed E-state index contributed by atoms with van der Waals surface area (Å²) in [5.41, 5.74) is 1.24. The van der Waals surface area contributed by atoms with Crippen molar-refractivity contribution in [1.82, 2.24) is 14.4 Å². The van der Waals surface area contributed by atoms with E-state index in [2.05, 4.69) is 40.7 Å². The Kier molecular flexibility index (Phi) is 16.1. The minimum absolute atomic E-state index is 0.00357. The molecule has 5 aromatic carbocycles. The maximum absolute atomic E-state index is 12.5. The number of pyridine rings is 1. The number of nitrogens with zero attached hydrogens (tertiary/aromatic N) is 10. The highest BCUT2D eigenvalue weighted by atomic mass is 32.2. The lowest BCUT2D eigenvalue weighted by atomic mass is 10.1. The van der Waals surface area contributed by atoms with E-state index in [0.29, 0.717) is 16.0 Å². The fourth-order valence-electron chi connectivity index (χ4n) is 7.89. The summed E-state index contributed by atoms with van der Waals surface area (Å²) in [6.07, 6.45) is -0.193. The molecule has 0 bridgehead atoms. The Morgan fingerprint density at radius 3 is 1.94 bits per heavy atom. The van der Waals surface area contributed by atoms with Gasteiger partial charge in [0, 0.05) is 21.9 Å². The summed E-state index contributed by atoms with van der Waals surface area (Å²) in [6, 6.07) is 14.9. The Balaban J connectivity index is 1.18. The first-order valence-corrected chi connectivity index (χ1v) is 31.7. The number of aromatic hydroxyl groups is 1. The molecular weight excluding hydrogens is 1180 g/mol. The van der Waals surface area contributed by atoms with Crippen molar-refractivity contribution in [2.75, 3.05) is 23.9 Å². The van der Waals surface area contributed by atoms with Gasteiger partial charge in [0.15, 0.2) is 11.3 Å². The minimum Gasteiger partial charge on any atom is -0.493 e. The molecule has 0 unspecified atom stereocenters. The molecule has 8 aromatic rings. The van der Waals surface area contributed by atoms with Gasteiger partial charge in [-0.25, -0.2) is 9.97 Å². The summed E-state index contributed by atoms with van der Waals surface area (Å²) < 4.78 is 175. The number of nitriles is 1.